The third-order valence-corrected chi connectivity index (χ3v) is 5.31. The summed E-state index contributed by atoms with van der Waals surface area (Å²) in [5.41, 5.74) is 2.08. The van der Waals surface area contributed by atoms with E-state index in [4.69, 9.17) is 20.8 Å². The summed E-state index contributed by atoms with van der Waals surface area (Å²) in [6, 6.07) is 11.1. The summed E-state index contributed by atoms with van der Waals surface area (Å²) in [6.07, 6.45) is 1.61. The first-order valence-corrected chi connectivity index (χ1v) is 9.51. The largest absolute Gasteiger partial charge is 0.483 e. The fourth-order valence-corrected chi connectivity index (χ4v) is 3.72. The van der Waals surface area contributed by atoms with Gasteiger partial charge in [-0.15, -0.1) is 11.3 Å². The lowest BCUT2D eigenvalue weighted by molar-refractivity contribution is -0.134. The van der Waals surface area contributed by atoms with E-state index in [9.17, 15) is 4.79 Å². The first kappa shape index (κ1) is 18.5. The summed E-state index contributed by atoms with van der Waals surface area (Å²) in [4.78, 5) is 15.7. The molecule has 2 heterocycles. The molecule has 1 aromatic carbocycles. The van der Waals surface area contributed by atoms with Crippen molar-refractivity contribution >= 4 is 28.8 Å². The molecule has 0 N–H and O–H groups in total. The van der Waals surface area contributed by atoms with Gasteiger partial charge < -0.3 is 14.1 Å². The van der Waals surface area contributed by atoms with Crippen LogP contribution in [0.3, 0.4) is 0 Å². The molecule has 0 saturated heterocycles. The summed E-state index contributed by atoms with van der Waals surface area (Å²) in [5.74, 6) is 1.31. The average molecular weight is 390 g/mol. The number of carbonyl (C=O) groups is 1. The first-order valence-electron chi connectivity index (χ1n) is 8.25. The minimum absolute atomic E-state index is 0.0341. The summed E-state index contributed by atoms with van der Waals surface area (Å²) in [7, 11) is 0. The van der Waals surface area contributed by atoms with Gasteiger partial charge in [0.1, 0.15) is 11.5 Å². The predicted molar refractivity (Wildman–Crippen MR) is 104 cm³/mol. The Morgan fingerprint density at radius 1 is 1.19 bits per heavy atom. The second-order valence-corrected chi connectivity index (χ2v) is 7.49. The Hall–Kier alpha value is -2.24. The smallest absolute Gasteiger partial charge is 0.261 e. The van der Waals surface area contributed by atoms with E-state index in [1.807, 2.05) is 30.5 Å². The lowest BCUT2D eigenvalue weighted by atomic mass is 10.2. The molecule has 0 spiro atoms. The van der Waals surface area contributed by atoms with Gasteiger partial charge in [-0.2, -0.15) is 0 Å². The lowest BCUT2D eigenvalue weighted by Crippen LogP contribution is -2.34. The zero-order valence-corrected chi connectivity index (χ0v) is 16.3. The standard InChI is InChI=1S/C20H20ClNO3S/c1-14-7-9-26-19(14)12-22(11-17-4-3-8-24-17)20(23)13-25-18-6-5-16(21)10-15(18)2/h3-10H,11-13H2,1-2H3. The third kappa shape index (κ3) is 4.68. The highest BCUT2D eigenvalue weighted by atomic mass is 35.5. The fourth-order valence-electron chi connectivity index (χ4n) is 2.57. The van der Waals surface area contributed by atoms with E-state index in [1.165, 1.54) is 5.56 Å². The minimum Gasteiger partial charge on any atom is -0.483 e. The summed E-state index contributed by atoms with van der Waals surface area (Å²) in [5, 5.41) is 2.68. The highest BCUT2D eigenvalue weighted by Crippen LogP contribution is 2.23. The van der Waals surface area contributed by atoms with E-state index >= 15 is 0 Å². The van der Waals surface area contributed by atoms with Crippen molar-refractivity contribution in [3.63, 3.8) is 0 Å². The average Bonchev–Trinajstić information content (AvgIpc) is 3.25. The van der Waals surface area contributed by atoms with Crippen LogP contribution >= 0.6 is 22.9 Å². The molecule has 0 aliphatic carbocycles. The number of carbonyl (C=O) groups excluding carboxylic acids is 1. The number of hydrogen-bond donors (Lipinski definition) is 0. The number of ether oxygens (including phenoxy) is 1. The molecule has 0 bridgehead atoms. The van der Waals surface area contributed by atoms with Gasteiger partial charge in [-0.1, -0.05) is 11.6 Å². The minimum atomic E-state index is -0.0939. The van der Waals surface area contributed by atoms with Gasteiger partial charge in [-0.25, -0.2) is 0 Å². The quantitative estimate of drug-likeness (QED) is 0.556. The number of hydrogen-bond acceptors (Lipinski definition) is 4. The SMILES string of the molecule is Cc1cc(Cl)ccc1OCC(=O)N(Cc1ccco1)Cc1sccc1C. The molecule has 136 valence electrons. The molecule has 0 aliphatic heterocycles. The number of halogens is 1. The van der Waals surface area contributed by atoms with E-state index in [1.54, 1.807) is 34.6 Å². The molecule has 4 nitrogen and oxygen atoms in total. The highest BCUT2D eigenvalue weighted by Gasteiger charge is 2.18. The van der Waals surface area contributed by atoms with Crippen molar-refractivity contribution in [2.24, 2.45) is 0 Å². The molecule has 0 aliphatic rings. The lowest BCUT2D eigenvalue weighted by Gasteiger charge is -2.22. The van der Waals surface area contributed by atoms with Crippen molar-refractivity contribution in [1.29, 1.82) is 0 Å². The van der Waals surface area contributed by atoms with E-state index < -0.39 is 0 Å². The molecule has 0 fully saturated rings. The van der Waals surface area contributed by atoms with Gasteiger partial charge in [0.25, 0.3) is 5.91 Å². The molecule has 2 aromatic heterocycles. The van der Waals surface area contributed by atoms with Gasteiger partial charge in [0.2, 0.25) is 0 Å². The van der Waals surface area contributed by atoms with E-state index in [-0.39, 0.29) is 12.5 Å². The molecule has 3 aromatic rings. The Kier molecular flexibility index (Phi) is 6.01. The zero-order chi connectivity index (χ0) is 18.5. The van der Waals surface area contributed by atoms with Gasteiger partial charge in [-0.05, 0) is 66.8 Å². The van der Waals surface area contributed by atoms with Crippen molar-refractivity contribution in [2.75, 3.05) is 6.61 Å². The molecule has 0 radical (unpaired) electrons. The first-order chi connectivity index (χ1) is 12.5. The monoisotopic (exact) mass is 389 g/mol. The van der Waals surface area contributed by atoms with Crippen LogP contribution in [0.2, 0.25) is 5.02 Å². The van der Waals surface area contributed by atoms with Crippen LogP contribution in [0.15, 0.2) is 52.5 Å². The van der Waals surface area contributed by atoms with Crippen LogP contribution in [-0.4, -0.2) is 17.4 Å². The summed E-state index contributed by atoms with van der Waals surface area (Å²) in [6.45, 7) is 4.86. The van der Waals surface area contributed by atoms with Gasteiger partial charge in [0.05, 0.1) is 19.4 Å². The third-order valence-electron chi connectivity index (χ3n) is 4.07. The van der Waals surface area contributed by atoms with Crippen molar-refractivity contribution in [2.45, 2.75) is 26.9 Å². The molecule has 6 heteroatoms. The molecule has 0 unspecified atom stereocenters. The van der Waals surface area contributed by atoms with E-state index in [0.29, 0.717) is 23.9 Å². The van der Waals surface area contributed by atoms with Crippen molar-refractivity contribution in [3.8, 4) is 5.75 Å². The highest BCUT2D eigenvalue weighted by molar-refractivity contribution is 7.10. The van der Waals surface area contributed by atoms with Crippen LogP contribution in [-0.2, 0) is 17.9 Å². The van der Waals surface area contributed by atoms with Crippen molar-refractivity contribution in [1.82, 2.24) is 4.90 Å². The summed E-state index contributed by atoms with van der Waals surface area (Å²) < 4.78 is 11.1. The van der Waals surface area contributed by atoms with Crippen LogP contribution in [0.25, 0.3) is 0 Å². The Balaban J connectivity index is 1.70. The molecule has 3 rings (SSSR count). The van der Waals surface area contributed by atoms with Gasteiger partial charge in [-0.3, -0.25) is 4.79 Å². The molecule has 1 amide bonds. The number of furan rings is 1. The number of rotatable bonds is 7. The fraction of sp³-hybridized carbons (Fsp3) is 0.250. The number of benzene rings is 1. The Bertz CT molecular complexity index is 873. The van der Waals surface area contributed by atoms with Crippen molar-refractivity contribution < 1.29 is 13.9 Å². The van der Waals surface area contributed by atoms with Crippen molar-refractivity contribution in [3.05, 3.63) is 74.8 Å². The predicted octanol–water partition coefficient (Wildman–Crippen LogP) is 5.22. The Morgan fingerprint density at radius 3 is 2.69 bits per heavy atom. The molecule has 0 atom stereocenters. The Morgan fingerprint density at radius 2 is 2.04 bits per heavy atom. The molecule has 0 saturated carbocycles. The number of nitrogens with zero attached hydrogens (tertiary/aromatic N) is 1. The summed E-state index contributed by atoms with van der Waals surface area (Å²) >= 11 is 7.61. The van der Waals surface area contributed by atoms with E-state index in [0.717, 1.165) is 16.2 Å². The van der Waals surface area contributed by atoms with Crippen LogP contribution < -0.4 is 4.74 Å². The second-order valence-electron chi connectivity index (χ2n) is 6.05. The van der Waals surface area contributed by atoms with Crippen LogP contribution in [0.4, 0.5) is 0 Å². The Labute approximate surface area is 162 Å². The maximum absolute atomic E-state index is 12.8. The molecular weight excluding hydrogens is 370 g/mol. The van der Waals surface area contributed by atoms with Gasteiger partial charge in [0, 0.05) is 9.90 Å². The maximum atomic E-state index is 12.8. The van der Waals surface area contributed by atoms with Gasteiger partial charge in [0.15, 0.2) is 6.61 Å². The topological polar surface area (TPSA) is 42.7 Å². The van der Waals surface area contributed by atoms with Gasteiger partial charge >= 0.3 is 0 Å². The van der Waals surface area contributed by atoms with Crippen LogP contribution in [0.5, 0.6) is 5.75 Å². The zero-order valence-electron chi connectivity index (χ0n) is 14.7. The van der Waals surface area contributed by atoms with E-state index in [2.05, 4.69) is 13.0 Å². The van der Waals surface area contributed by atoms with Crippen LogP contribution in [0.1, 0.15) is 21.8 Å². The number of aryl methyl sites for hydroxylation is 2. The normalized spacial score (nSPS) is 10.7. The number of amides is 1. The molecular formula is C20H20ClNO3S. The number of thiophene rings is 1. The second kappa shape index (κ2) is 8.43. The maximum Gasteiger partial charge on any atom is 0.261 e. The molecule has 26 heavy (non-hydrogen) atoms. The van der Waals surface area contributed by atoms with Crippen LogP contribution in [0, 0.1) is 13.8 Å².